The molecule has 0 radical (unpaired) electrons. The van der Waals surface area contributed by atoms with Crippen molar-refractivity contribution >= 4 is 34.9 Å². The number of anilines is 1. The van der Waals surface area contributed by atoms with Crippen LogP contribution in [0.25, 0.3) is 0 Å². The van der Waals surface area contributed by atoms with E-state index in [4.69, 9.17) is 23.2 Å². The molecule has 3 rings (SSSR count). The zero-order valence-corrected chi connectivity index (χ0v) is 19.6. The molecular weight excluding hydrogens is 436 g/mol. The average molecular weight is 466 g/mol. The van der Waals surface area contributed by atoms with Gasteiger partial charge in [-0.3, -0.25) is 0 Å². The minimum Gasteiger partial charge on any atom is -0.317 e. The lowest BCUT2D eigenvalue weighted by molar-refractivity contribution is 0.0989. The Morgan fingerprint density at radius 3 is 2.48 bits per heavy atom. The molecule has 168 valence electrons. The summed E-state index contributed by atoms with van der Waals surface area (Å²) >= 11 is 11.9. The number of carbonyl (C=O) groups is 1. The predicted molar refractivity (Wildman–Crippen MR) is 126 cm³/mol. The molecule has 1 N–H and O–H groups in total. The normalized spacial score (nSPS) is 16.2. The summed E-state index contributed by atoms with van der Waals surface area (Å²) in [5.41, 5.74) is 1.07. The van der Waals surface area contributed by atoms with Gasteiger partial charge in [0, 0.05) is 31.7 Å². The van der Waals surface area contributed by atoms with Crippen LogP contribution in [-0.4, -0.2) is 41.0 Å². The number of piperidine rings is 1. The number of halogens is 3. The molecule has 1 heterocycles. The van der Waals surface area contributed by atoms with Crippen LogP contribution in [-0.2, 0) is 6.54 Å². The largest absolute Gasteiger partial charge is 0.322 e. The minimum absolute atomic E-state index is 0.0338. The van der Waals surface area contributed by atoms with Gasteiger partial charge in [-0.25, -0.2) is 9.18 Å². The number of nitrogens with zero attached hydrogens (tertiary/aromatic N) is 2. The molecule has 1 saturated heterocycles. The van der Waals surface area contributed by atoms with Gasteiger partial charge in [0.15, 0.2) is 0 Å². The van der Waals surface area contributed by atoms with Crippen molar-refractivity contribution in [1.82, 2.24) is 9.80 Å². The molecule has 0 aliphatic carbocycles. The Morgan fingerprint density at radius 1 is 1.19 bits per heavy atom. The lowest BCUT2D eigenvalue weighted by atomic mass is 10.00. The number of urea groups is 1. The Bertz CT molecular complexity index is 873. The molecule has 2 aromatic carbocycles. The second-order valence-corrected chi connectivity index (χ2v) is 9.01. The summed E-state index contributed by atoms with van der Waals surface area (Å²) in [5.74, 6) is -0.606. The van der Waals surface area contributed by atoms with E-state index in [0.717, 1.165) is 37.6 Å². The first kappa shape index (κ1) is 23.8. The lowest BCUT2D eigenvalue weighted by Gasteiger charge is -2.40. The highest BCUT2D eigenvalue weighted by molar-refractivity contribution is 6.42. The van der Waals surface area contributed by atoms with E-state index in [2.05, 4.69) is 24.1 Å². The molecule has 0 spiro atoms. The highest BCUT2D eigenvalue weighted by atomic mass is 35.5. The Kier molecular flexibility index (Phi) is 8.58. The molecule has 1 atom stereocenters. The predicted octanol–water partition coefficient (Wildman–Crippen LogP) is 6.82. The molecule has 0 saturated carbocycles. The maximum Gasteiger partial charge on any atom is 0.322 e. The fourth-order valence-electron chi connectivity index (χ4n) is 4.19. The number of nitrogens with one attached hydrogen (secondary N) is 1. The van der Waals surface area contributed by atoms with E-state index in [1.165, 1.54) is 18.9 Å². The Balaban J connectivity index is 1.75. The summed E-state index contributed by atoms with van der Waals surface area (Å²) < 4.78 is 14.4. The van der Waals surface area contributed by atoms with Crippen LogP contribution in [0, 0.1) is 5.82 Å². The minimum atomic E-state index is -0.606. The number of rotatable bonds is 7. The van der Waals surface area contributed by atoms with Gasteiger partial charge in [0.25, 0.3) is 0 Å². The number of benzene rings is 2. The molecule has 0 bridgehead atoms. The van der Waals surface area contributed by atoms with Crippen molar-refractivity contribution in [2.24, 2.45) is 0 Å². The van der Waals surface area contributed by atoms with Crippen molar-refractivity contribution in [3.8, 4) is 0 Å². The quantitative estimate of drug-likeness (QED) is 0.455. The number of amides is 2. The standard InChI is InChI=1S/C24H30Cl2FN3O/c1-3-7-17(2)29-12-10-19(11-13-29)30(16-18-8-5-4-6-9-18)24(31)28-23-15-21(26)20(25)14-22(23)27/h4-6,8-9,14-15,17,19H,3,7,10-13,16H2,1-2H3,(H,28,31). The Labute approximate surface area is 194 Å². The Morgan fingerprint density at radius 2 is 1.84 bits per heavy atom. The molecule has 7 heteroatoms. The number of hydrogen-bond acceptors (Lipinski definition) is 2. The first-order chi connectivity index (χ1) is 14.9. The van der Waals surface area contributed by atoms with Crippen molar-refractivity contribution in [2.45, 2.75) is 58.2 Å². The van der Waals surface area contributed by atoms with Gasteiger partial charge in [0.05, 0.1) is 15.7 Å². The average Bonchev–Trinajstić information content (AvgIpc) is 2.77. The van der Waals surface area contributed by atoms with E-state index in [1.807, 2.05) is 35.2 Å². The van der Waals surface area contributed by atoms with Crippen molar-refractivity contribution in [2.75, 3.05) is 18.4 Å². The second kappa shape index (κ2) is 11.2. The van der Waals surface area contributed by atoms with E-state index in [0.29, 0.717) is 12.6 Å². The van der Waals surface area contributed by atoms with E-state index in [-0.39, 0.29) is 27.8 Å². The van der Waals surface area contributed by atoms with E-state index in [1.54, 1.807) is 0 Å². The third-order valence-corrected chi connectivity index (χ3v) is 6.70. The van der Waals surface area contributed by atoms with Crippen LogP contribution in [0.15, 0.2) is 42.5 Å². The molecular formula is C24H30Cl2FN3O. The SMILES string of the molecule is CCCC(C)N1CCC(N(Cc2ccccc2)C(=O)Nc2cc(Cl)c(Cl)cc2F)CC1. The first-order valence-electron chi connectivity index (χ1n) is 10.9. The van der Waals surface area contributed by atoms with Gasteiger partial charge in [-0.15, -0.1) is 0 Å². The van der Waals surface area contributed by atoms with Crippen LogP contribution in [0.5, 0.6) is 0 Å². The Hall–Kier alpha value is -1.82. The van der Waals surface area contributed by atoms with Gasteiger partial charge in [0.2, 0.25) is 0 Å². The van der Waals surface area contributed by atoms with E-state index < -0.39 is 5.82 Å². The highest BCUT2D eigenvalue weighted by Crippen LogP contribution is 2.29. The molecule has 31 heavy (non-hydrogen) atoms. The number of hydrogen-bond donors (Lipinski definition) is 1. The van der Waals surface area contributed by atoms with Crippen LogP contribution in [0.1, 0.15) is 45.1 Å². The van der Waals surface area contributed by atoms with E-state index >= 15 is 0 Å². The molecule has 2 aromatic rings. The van der Waals surface area contributed by atoms with Gasteiger partial charge in [-0.1, -0.05) is 66.9 Å². The van der Waals surface area contributed by atoms with Gasteiger partial charge < -0.3 is 15.1 Å². The van der Waals surface area contributed by atoms with Gasteiger partial charge in [-0.05, 0) is 43.9 Å². The summed E-state index contributed by atoms with van der Waals surface area (Å²) in [6, 6.07) is 12.6. The van der Waals surface area contributed by atoms with Gasteiger partial charge >= 0.3 is 6.03 Å². The molecule has 0 aromatic heterocycles. The maximum atomic E-state index is 14.4. The van der Waals surface area contributed by atoms with Crippen molar-refractivity contribution in [3.05, 3.63) is 63.9 Å². The lowest BCUT2D eigenvalue weighted by Crippen LogP contribution is -2.50. The summed E-state index contributed by atoms with van der Waals surface area (Å²) in [7, 11) is 0. The smallest absolute Gasteiger partial charge is 0.317 e. The van der Waals surface area contributed by atoms with Crippen LogP contribution < -0.4 is 5.32 Å². The topological polar surface area (TPSA) is 35.6 Å². The zero-order chi connectivity index (χ0) is 22.4. The molecule has 4 nitrogen and oxygen atoms in total. The monoisotopic (exact) mass is 465 g/mol. The molecule has 1 aliphatic rings. The first-order valence-corrected chi connectivity index (χ1v) is 11.6. The number of likely N-dealkylation sites (tertiary alicyclic amines) is 1. The van der Waals surface area contributed by atoms with Crippen LogP contribution in [0.2, 0.25) is 10.0 Å². The van der Waals surface area contributed by atoms with Crippen LogP contribution in [0.4, 0.5) is 14.9 Å². The van der Waals surface area contributed by atoms with Crippen molar-refractivity contribution in [3.63, 3.8) is 0 Å². The van der Waals surface area contributed by atoms with Crippen molar-refractivity contribution in [1.29, 1.82) is 0 Å². The molecule has 1 unspecified atom stereocenters. The summed E-state index contributed by atoms with van der Waals surface area (Å²) in [5, 5.41) is 3.02. The zero-order valence-electron chi connectivity index (χ0n) is 18.1. The summed E-state index contributed by atoms with van der Waals surface area (Å²) in [6.45, 7) is 6.84. The second-order valence-electron chi connectivity index (χ2n) is 8.19. The third kappa shape index (κ3) is 6.34. The molecule has 1 aliphatic heterocycles. The van der Waals surface area contributed by atoms with E-state index in [9.17, 15) is 9.18 Å². The fraction of sp³-hybridized carbons (Fsp3) is 0.458. The summed E-state index contributed by atoms with van der Waals surface area (Å²) in [4.78, 5) is 17.6. The summed E-state index contributed by atoms with van der Waals surface area (Å²) in [6.07, 6.45) is 4.12. The molecule has 2 amide bonds. The number of carbonyl (C=O) groups excluding carboxylic acids is 1. The third-order valence-electron chi connectivity index (χ3n) is 5.98. The maximum absolute atomic E-state index is 14.4. The van der Waals surface area contributed by atoms with Crippen LogP contribution >= 0.6 is 23.2 Å². The van der Waals surface area contributed by atoms with Gasteiger partial charge in [0.1, 0.15) is 5.82 Å². The van der Waals surface area contributed by atoms with Crippen molar-refractivity contribution < 1.29 is 9.18 Å². The highest BCUT2D eigenvalue weighted by Gasteiger charge is 2.30. The fourth-order valence-corrected chi connectivity index (χ4v) is 4.50. The molecule has 1 fully saturated rings. The van der Waals surface area contributed by atoms with Gasteiger partial charge in [-0.2, -0.15) is 0 Å². The van der Waals surface area contributed by atoms with Crippen LogP contribution in [0.3, 0.4) is 0 Å².